The van der Waals surface area contributed by atoms with Crippen LogP contribution in [0.15, 0.2) is 47.6 Å². The van der Waals surface area contributed by atoms with Crippen molar-refractivity contribution in [2.45, 2.75) is 58.3 Å². The lowest BCUT2D eigenvalue weighted by molar-refractivity contribution is -0.118. The van der Waals surface area contributed by atoms with Crippen molar-refractivity contribution in [2.75, 3.05) is 10.7 Å². The molecular weight excluding hydrogens is 420 g/mol. The molecule has 1 aliphatic heterocycles. The number of benzene rings is 2. The zero-order valence-electron chi connectivity index (χ0n) is 19.0. The maximum atomic E-state index is 12.9. The van der Waals surface area contributed by atoms with Gasteiger partial charge in [-0.25, -0.2) is 0 Å². The molecule has 1 atom stereocenters. The van der Waals surface area contributed by atoms with Gasteiger partial charge in [0.15, 0.2) is 5.69 Å². The second-order valence-electron chi connectivity index (χ2n) is 8.04. The van der Waals surface area contributed by atoms with Gasteiger partial charge in [-0.3, -0.25) is 9.69 Å². The number of thioether (sulfide) groups is 1. The fourth-order valence-corrected chi connectivity index (χ4v) is 4.63. The summed E-state index contributed by atoms with van der Waals surface area (Å²) in [6, 6.07) is 13.9. The summed E-state index contributed by atoms with van der Waals surface area (Å²) in [4.78, 5) is 19.3. The predicted octanol–water partition coefficient (Wildman–Crippen LogP) is 5.88. The number of aromatic nitrogens is 3. The highest BCUT2D eigenvalue weighted by molar-refractivity contribution is 7.99. The Morgan fingerprint density at radius 1 is 1.12 bits per heavy atom. The minimum Gasteiger partial charge on any atom is -0.447 e. The second kappa shape index (κ2) is 9.69. The molecule has 32 heavy (non-hydrogen) atoms. The number of amides is 1. The van der Waals surface area contributed by atoms with Crippen LogP contribution >= 0.6 is 11.8 Å². The van der Waals surface area contributed by atoms with Gasteiger partial charge in [-0.05, 0) is 31.9 Å². The monoisotopic (exact) mass is 448 g/mol. The van der Waals surface area contributed by atoms with Crippen molar-refractivity contribution in [3.8, 4) is 17.1 Å². The molecule has 7 heteroatoms. The van der Waals surface area contributed by atoms with Crippen molar-refractivity contribution in [3.63, 3.8) is 0 Å². The standard InChI is InChI=1S/C25H28N4O2S/c1-5-6-9-14-32-25-26-23-22(27-28-25)19-10-7-8-11-21(19)29(18(4)30)24(31-23)20-15-16(2)12-13-17(20)3/h7-8,10-13,15,24H,5-6,9,14H2,1-4H3/t24-/m1/s1. The highest BCUT2D eigenvalue weighted by atomic mass is 32.2. The van der Waals surface area contributed by atoms with Gasteiger partial charge in [0.2, 0.25) is 23.2 Å². The fourth-order valence-electron chi connectivity index (χ4n) is 3.86. The maximum absolute atomic E-state index is 12.9. The van der Waals surface area contributed by atoms with Crippen LogP contribution in [0.25, 0.3) is 11.3 Å². The molecule has 0 N–H and O–H groups in total. The molecule has 6 nitrogen and oxygen atoms in total. The second-order valence-corrected chi connectivity index (χ2v) is 9.10. The van der Waals surface area contributed by atoms with Gasteiger partial charge in [0.05, 0.1) is 5.69 Å². The fraction of sp³-hybridized carbons (Fsp3) is 0.360. The Bertz CT molecular complexity index is 1130. The van der Waals surface area contributed by atoms with E-state index in [4.69, 9.17) is 9.72 Å². The number of nitrogens with zero attached hydrogens (tertiary/aromatic N) is 4. The van der Waals surface area contributed by atoms with E-state index in [-0.39, 0.29) is 5.91 Å². The average molecular weight is 449 g/mol. The van der Waals surface area contributed by atoms with E-state index < -0.39 is 6.23 Å². The lowest BCUT2D eigenvalue weighted by atomic mass is 10.0. The summed E-state index contributed by atoms with van der Waals surface area (Å²) >= 11 is 1.59. The quantitative estimate of drug-likeness (QED) is 0.346. The molecule has 4 rings (SSSR count). The lowest BCUT2D eigenvalue weighted by Crippen LogP contribution is -2.36. The number of para-hydroxylation sites is 1. The van der Waals surface area contributed by atoms with Crippen molar-refractivity contribution in [2.24, 2.45) is 0 Å². The molecular formula is C25H28N4O2S. The third-order valence-electron chi connectivity index (χ3n) is 5.53. The van der Waals surface area contributed by atoms with E-state index in [1.54, 1.807) is 23.6 Å². The minimum atomic E-state index is -0.649. The SMILES string of the molecule is CCCCCSc1nnc2c(n1)O[C@H](c1cc(C)ccc1C)N(C(C)=O)c1ccccc1-2. The maximum Gasteiger partial charge on any atom is 0.247 e. The Morgan fingerprint density at radius 3 is 2.72 bits per heavy atom. The third kappa shape index (κ3) is 4.48. The molecule has 2 aromatic carbocycles. The first-order valence-electron chi connectivity index (χ1n) is 11.0. The molecule has 0 saturated heterocycles. The van der Waals surface area contributed by atoms with Crippen molar-refractivity contribution < 1.29 is 9.53 Å². The Kier molecular flexibility index (Phi) is 6.74. The summed E-state index contributed by atoms with van der Waals surface area (Å²) in [7, 11) is 0. The highest BCUT2D eigenvalue weighted by Gasteiger charge is 2.35. The summed E-state index contributed by atoms with van der Waals surface area (Å²) < 4.78 is 6.48. The van der Waals surface area contributed by atoms with Gasteiger partial charge in [0, 0.05) is 23.8 Å². The van der Waals surface area contributed by atoms with Gasteiger partial charge in [0.25, 0.3) is 0 Å². The molecule has 0 spiro atoms. The molecule has 0 fully saturated rings. The Morgan fingerprint density at radius 2 is 1.94 bits per heavy atom. The molecule has 3 aromatic rings. The van der Waals surface area contributed by atoms with Crippen LogP contribution in [-0.2, 0) is 4.79 Å². The largest absolute Gasteiger partial charge is 0.447 e. The van der Waals surface area contributed by atoms with Crippen molar-refractivity contribution in [1.29, 1.82) is 0 Å². The van der Waals surface area contributed by atoms with Gasteiger partial charge < -0.3 is 4.74 Å². The molecule has 1 amide bonds. The van der Waals surface area contributed by atoms with E-state index in [1.807, 2.05) is 38.1 Å². The first-order chi connectivity index (χ1) is 15.5. The number of hydrogen-bond donors (Lipinski definition) is 0. The predicted molar refractivity (Wildman–Crippen MR) is 128 cm³/mol. The normalized spacial score (nSPS) is 14.9. The van der Waals surface area contributed by atoms with Crippen LogP contribution in [0.5, 0.6) is 5.88 Å². The van der Waals surface area contributed by atoms with E-state index in [2.05, 4.69) is 35.3 Å². The minimum absolute atomic E-state index is 0.113. The van der Waals surface area contributed by atoms with Crippen LogP contribution < -0.4 is 9.64 Å². The van der Waals surface area contributed by atoms with E-state index in [0.29, 0.717) is 16.7 Å². The summed E-state index contributed by atoms with van der Waals surface area (Å²) in [6.45, 7) is 7.81. The Balaban J connectivity index is 1.83. The number of rotatable bonds is 6. The number of carbonyl (C=O) groups is 1. The zero-order chi connectivity index (χ0) is 22.7. The van der Waals surface area contributed by atoms with Crippen LogP contribution in [0, 0.1) is 13.8 Å². The summed E-state index contributed by atoms with van der Waals surface area (Å²) in [5, 5.41) is 9.42. The number of hydrogen-bond acceptors (Lipinski definition) is 6. The third-order valence-corrected chi connectivity index (χ3v) is 6.45. The number of fused-ring (bicyclic) bond motifs is 3. The van der Waals surface area contributed by atoms with Gasteiger partial charge in [0.1, 0.15) is 0 Å². The summed E-state index contributed by atoms with van der Waals surface area (Å²) in [6.07, 6.45) is 2.80. The molecule has 0 radical (unpaired) electrons. The molecule has 0 aliphatic carbocycles. The summed E-state index contributed by atoms with van der Waals surface area (Å²) in [5.41, 5.74) is 5.15. The van der Waals surface area contributed by atoms with E-state index in [9.17, 15) is 4.79 Å². The van der Waals surface area contributed by atoms with Crippen molar-refractivity contribution in [3.05, 3.63) is 59.2 Å². The smallest absolute Gasteiger partial charge is 0.247 e. The molecule has 166 valence electrons. The number of unbranched alkanes of at least 4 members (excludes halogenated alkanes) is 2. The van der Waals surface area contributed by atoms with Gasteiger partial charge in [-0.15, -0.1) is 10.2 Å². The molecule has 1 aromatic heterocycles. The lowest BCUT2D eigenvalue weighted by Gasteiger charge is -2.31. The number of carbonyl (C=O) groups excluding carboxylic acids is 1. The van der Waals surface area contributed by atoms with Gasteiger partial charge >= 0.3 is 0 Å². The zero-order valence-corrected chi connectivity index (χ0v) is 19.8. The average Bonchev–Trinajstić information content (AvgIpc) is 2.92. The number of anilines is 1. The van der Waals surface area contributed by atoms with Crippen LogP contribution in [0.1, 0.15) is 56.0 Å². The van der Waals surface area contributed by atoms with Gasteiger partial charge in [-0.1, -0.05) is 73.5 Å². The van der Waals surface area contributed by atoms with Crippen LogP contribution in [0.3, 0.4) is 0 Å². The molecule has 0 saturated carbocycles. The molecule has 1 aliphatic rings. The van der Waals surface area contributed by atoms with Crippen molar-refractivity contribution in [1.82, 2.24) is 15.2 Å². The topological polar surface area (TPSA) is 68.2 Å². The Hall–Kier alpha value is -2.93. The van der Waals surface area contributed by atoms with Gasteiger partial charge in [-0.2, -0.15) is 4.98 Å². The van der Waals surface area contributed by atoms with E-state index in [1.165, 1.54) is 12.8 Å². The first kappa shape index (κ1) is 22.3. The van der Waals surface area contributed by atoms with E-state index >= 15 is 0 Å². The summed E-state index contributed by atoms with van der Waals surface area (Å²) in [5.74, 6) is 1.23. The Labute approximate surface area is 193 Å². The highest BCUT2D eigenvalue weighted by Crippen LogP contribution is 2.43. The van der Waals surface area contributed by atoms with Crippen LogP contribution in [0.2, 0.25) is 0 Å². The van der Waals surface area contributed by atoms with Crippen LogP contribution in [-0.4, -0.2) is 26.8 Å². The number of ether oxygens (including phenoxy) is 1. The number of aryl methyl sites for hydroxylation is 2. The van der Waals surface area contributed by atoms with Crippen LogP contribution in [0.4, 0.5) is 5.69 Å². The molecule has 0 unspecified atom stereocenters. The first-order valence-corrected chi connectivity index (χ1v) is 12.0. The molecule has 0 bridgehead atoms. The molecule has 2 heterocycles. The van der Waals surface area contributed by atoms with Crippen molar-refractivity contribution >= 4 is 23.4 Å². The van der Waals surface area contributed by atoms with E-state index in [0.717, 1.165) is 40.1 Å².